The molecule has 2 aromatic carbocycles. The molecule has 154 valence electrons. The van der Waals surface area contributed by atoms with Crippen molar-refractivity contribution in [2.45, 2.75) is 32.1 Å². The van der Waals surface area contributed by atoms with Crippen molar-refractivity contribution in [3.63, 3.8) is 0 Å². The van der Waals surface area contributed by atoms with Gasteiger partial charge in [-0.2, -0.15) is 0 Å². The molecule has 0 fully saturated rings. The molecule has 0 aromatic heterocycles. The number of benzene rings is 2. The van der Waals surface area contributed by atoms with Crippen LogP contribution in [0.15, 0.2) is 48.5 Å². The SMILES string of the molecule is CCC(=O)COCCOCCCC(=O)OCC1c2ccccc2-c2ccccc21. The van der Waals surface area contributed by atoms with E-state index in [1.165, 1.54) is 22.3 Å². The van der Waals surface area contributed by atoms with Gasteiger partial charge in [0.15, 0.2) is 5.78 Å². The van der Waals surface area contributed by atoms with Crippen LogP contribution in [0.5, 0.6) is 0 Å². The molecule has 0 saturated carbocycles. The number of Topliss-reactive ketones (excluding diaryl/α,β-unsaturated/α-hetero) is 1. The Morgan fingerprint density at radius 3 is 2.14 bits per heavy atom. The highest BCUT2D eigenvalue weighted by atomic mass is 16.5. The van der Waals surface area contributed by atoms with E-state index in [1.54, 1.807) is 0 Å². The van der Waals surface area contributed by atoms with Crippen molar-refractivity contribution in [3.05, 3.63) is 59.7 Å². The molecule has 5 heteroatoms. The van der Waals surface area contributed by atoms with Crippen molar-refractivity contribution < 1.29 is 23.8 Å². The Labute approximate surface area is 172 Å². The van der Waals surface area contributed by atoms with E-state index in [-0.39, 0.29) is 24.3 Å². The molecule has 0 amide bonds. The lowest BCUT2D eigenvalue weighted by Gasteiger charge is -2.14. The van der Waals surface area contributed by atoms with E-state index in [1.807, 2.05) is 31.2 Å². The summed E-state index contributed by atoms with van der Waals surface area (Å²) >= 11 is 0. The summed E-state index contributed by atoms with van der Waals surface area (Å²) in [6.07, 6.45) is 1.41. The van der Waals surface area contributed by atoms with Gasteiger partial charge in [-0.3, -0.25) is 9.59 Å². The molecule has 0 radical (unpaired) electrons. The van der Waals surface area contributed by atoms with Crippen molar-refractivity contribution in [1.29, 1.82) is 0 Å². The Morgan fingerprint density at radius 1 is 0.862 bits per heavy atom. The summed E-state index contributed by atoms with van der Waals surface area (Å²) in [4.78, 5) is 23.2. The molecular formula is C24H28O5. The molecule has 2 aromatic rings. The lowest BCUT2D eigenvalue weighted by Crippen LogP contribution is -2.14. The van der Waals surface area contributed by atoms with Crippen LogP contribution < -0.4 is 0 Å². The van der Waals surface area contributed by atoms with Crippen LogP contribution in [0, 0.1) is 0 Å². The third-order valence-corrected chi connectivity index (χ3v) is 5.07. The first-order valence-electron chi connectivity index (χ1n) is 10.2. The van der Waals surface area contributed by atoms with E-state index in [0.29, 0.717) is 45.7 Å². The van der Waals surface area contributed by atoms with Gasteiger partial charge >= 0.3 is 5.97 Å². The number of carbonyl (C=O) groups excluding carboxylic acids is 2. The quantitative estimate of drug-likeness (QED) is 0.399. The zero-order valence-corrected chi connectivity index (χ0v) is 16.9. The van der Waals surface area contributed by atoms with Crippen LogP contribution in [-0.2, 0) is 23.8 Å². The van der Waals surface area contributed by atoms with Gasteiger partial charge in [0.05, 0.1) is 13.2 Å². The Hall–Kier alpha value is -2.50. The van der Waals surface area contributed by atoms with Gasteiger partial charge in [-0.1, -0.05) is 55.5 Å². The molecule has 1 aliphatic carbocycles. The maximum atomic E-state index is 12.1. The van der Waals surface area contributed by atoms with Crippen LogP contribution >= 0.6 is 0 Å². The van der Waals surface area contributed by atoms with E-state index in [4.69, 9.17) is 14.2 Å². The largest absolute Gasteiger partial charge is 0.465 e. The van der Waals surface area contributed by atoms with Crippen molar-refractivity contribution in [2.24, 2.45) is 0 Å². The fraction of sp³-hybridized carbons (Fsp3) is 0.417. The Morgan fingerprint density at radius 2 is 1.48 bits per heavy atom. The number of ketones is 1. The first-order chi connectivity index (χ1) is 14.2. The third kappa shape index (κ3) is 5.75. The molecule has 0 unspecified atom stereocenters. The molecule has 5 nitrogen and oxygen atoms in total. The van der Waals surface area contributed by atoms with Crippen LogP contribution in [0.2, 0.25) is 0 Å². The topological polar surface area (TPSA) is 61.8 Å². The molecule has 0 heterocycles. The Bertz CT molecular complexity index is 784. The van der Waals surface area contributed by atoms with E-state index in [9.17, 15) is 9.59 Å². The fourth-order valence-corrected chi connectivity index (χ4v) is 3.51. The molecule has 0 spiro atoms. The minimum absolute atomic E-state index is 0.0836. The number of esters is 1. The lowest BCUT2D eigenvalue weighted by molar-refractivity contribution is -0.144. The van der Waals surface area contributed by atoms with Crippen molar-refractivity contribution >= 4 is 11.8 Å². The van der Waals surface area contributed by atoms with Gasteiger partial charge in [-0.05, 0) is 28.7 Å². The first-order valence-corrected chi connectivity index (χ1v) is 10.2. The number of hydrogen-bond donors (Lipinski definition) is 0. The number of rotatable bonds is 12. The molecule has 0 saturated heterocycles. The second-order valence-corrected chi connectivity index (χ2v) is 7.07. The molecule has 3 rings (SSSR count). The average Bonchev–Trinajstić information content (AvgIpc) is 3.07. The lowest BCUT2D eigenvalue weighted by atomic mass is 9.98. The highest BCUT2D eigenvalue weighted by Gasteiger charge is 2.28. The van der Waals surface area contributed by atoms with Crippen LogP contribution in [-0.4, -0.2) is 44.8 Å². The second kappa shape index (κ2) is 10.9. The molecule has 0 bridgehead atoms. The molecule has 0 N–H and O–H groups in total. The predicted octanol–water partition coefficient (Wildman–Crippen LogP) is 4.13. The van der Waals surface area contributed by atoms with E-state index >= 15 is 0 Å². The minimum atomic E-state index is -0.208. The number of fused-ring (bicyclic) bond motifs is 3. The number of carbonyl (C=O) groups is 2. The summed E-state index contributed by atoms with van der Waals surface area (Å²) in [6.45, 7) is 3.58. The zero-order valence-electron chi connectivity index (χ0n) is 16.9. The van der Waals surface area contributed by atoms with Gasteiger partial charge in [-0.25, -0.2) is 0 Å². The zero-order chi connectivity index (χ0) is 20.5. The van der Waals surface area contributed by atoms with Crippen LogP contribution in [0.1, 0.15) is 43.2 Å². The van der Waals surface area contributed by atoms with Gasteiger partial charge < -0.3 is 14.2 Å². The Balaban J connectivity index is 1.36. The minimum Gasteiger partial charge on any atom is -0.465 e. The average molecular weight is 396 g/mol. The second-order valence-electron chi connectivity index (χ2n) is 7.07. The normalized spacial score (nSPS) is 12.4. The highest BCUT2D eigenvalue weighted by Crippen LogP contribution is 2.44. The molecular weight excluding hydrogens is 368 g/mol. The van der Waals surface area contributed by atoms with E-state index in [2.05, 4.69) is 24.3 Å². The summed E-state index contributed by atoms with van der Waals surface area (Å²) in [5, 5.41) is 0. The summed E-state index contributed by atoms with van der Waals surface area (Å²) in [5.74, 6) is -0.0360. The smallest absolute Gasteiger partial charge is 0.305 e. The van der Waals surface area contributed by atoms with Crippen molar-refractivity contribution in [1.82, 2.24) is 0 Å². The van der Waals surface area contributed by atoms with Crippen LogP contribution in [0.25, 0.3) is 11.1 Å². The first kappa shape index (κ1) is 21.2. The third-order valence-electron chi connectivity index (χ3n) is 5.07. The highest BCUT2D eigenvalue weighted by molar-refractivity contribution is 5.79. The summed E-state index contributed by atoms with van der Waals surface area (Å²) in [5.41, 5.74) is 4.87. The monoisotopic (exact) mass is 396 g/mol. The molecule has 1 aliphatic rings. The van der Waals surface area contributed by atoms with E-state index < -0.39 is 0 Å². The summed E-state index contributed by atoms with van der Waals surface area (Å²) in [7, 11) is 0. The van der Waals surface area contributed by atoms with Gasteiger partial charge in [0.25, 0.3) is 0 Å². The molecule has 29 heavy (non-hydrogen) atoms. The number of ether oxygens (including phenoxy) is 3. The fourth-order valence-electron chi connectivity index (χ4n) is 3.51. The van der Waals surface area contributed by atoms with E-state index in [0.717, 1.165) is 0 Å². The standard InChI is InChI=1S/C24H28O5/c1-2-18(25)16-28-15-14-27-13-7-12-24(26)29-17-23-21-10-5-3-8-19(21)20-9-4-6-11-22(20)23/h3-6,8-11,23H,2,7,12-17H2,1H3. The van der Waals surface area contributed by atoms with Gasteiger partial charge in [0.1, 0.15) is 13.2 Å². The van der Waals surface area contributed by atoms with Crippen LogP contribution in [0.4, 0.5) is 0 Å². The predicted molar refractivity (Wildman–Crippen MR) is 111 cm³/mol. The summed E-state index contributed by atoms with van der Waals surface area (Å²) in [6, 6.07) is 16.6. The summed E-state index contributed by atoms with van der Waals surface area (Å²) < 4.78 is 16.2. The molecule has 0 aliphatic heterocycles. The molecule has 0 atom stereocenters. The van der Waals surface area contributed by atoms with Crippen molar-refractivity contribution in [3.8, 4) is 11.1 Å². The number of hydrogen-bond acceptors (Lipinski definition) is 5. The Kier molecular flexibility index (Phi) is 7.96. The maximum absolute atomic E-state index is 12.1. The van der Waals surface area contributed by atoms with Gasteiger partial charge in [0.2, 0.25) is 0 Å². The van der Waals surface area contributed by atoms with Crippen molar-refractivity contribution in [2.75, 3.05) is 33.0 Å². The van der Waals surface area contributed by atoms with Gasteiger partial charge in [-0.15, -0.1) is 0 Å². The van der Waals surface area contributed by atoms with Gasteiger partial charge in [0, 0.05) is 25.4 Å². The maximum Gasteiger partial charge on any atom is 0.305 e. The van der Waals surface area contributed by atoms with Crippen LogP contribution in [0.3, 0.4) is 0 Å².